The molecule has 27 heavy (non-hydrogen) atoms. The van der Waals surface area contributed by atoms with Gasteiger partial charge >= 0.3 is 0 Å². The maximum atomic E-state index is 12.1. The van der Waals surface area contributed by atoms with Crippen molar-refractivity contribution in [1.29, 1.82) is 0 Å². The molecular weight excluding hydrogens is 386 g/mol. The molecule has 3 aromatic rings. The highest BCUT2D eigenvalue weighted by molar-refractivity contribution is 7.91. The molecule has 140 valence electrons. The number of thiophene rings is 1. The van der Waals surface area contributed by atoms with Gasteiger partial charge in [-0.3, -0.25) is 4.79 Å². The highest BCUT2D eigenvalue weighted by Crippen LogP contribution is 2.35. The summed E-state index contributed by atoms with van der Waals surface area (Å²) in [5.41, 5.74) is 1.08. The third-order valence-corrected chi connectivity index (χ3v) is 7.15. The number of hydrogen-bond acceptors (Lipinski definition) is 7. The number of hydrogen-bond donors (Lipinski definition) is 1. The fourth-order valence-electron chi connectivity index (χ4n) is 3.01. The maximum Gasteiger partial charge on any atom is 0.258 e. The van der Waals surface area contributed by atoms with E-state index in [1.165, 1.54) is 17.7 Å². The Morgan fingerprint density at radius 1 is 1.26 bits per heavy atom. The van der Waals surface area contributed by atoms with Crippen LogP contribution in [-0.4, -0.2) is 48.4 Å². The lowest BCUT2D eigenvalue weighted by Crippen LogP contribution is -2.38. The number of benzene rings is 1. The van der Waals surface area contributed by atoms with E-state index in [4.69, 9.17) is 4.74 Å². The van der Waals surface area contributed by atoms with Crippen molar-refractivity contribution in [2.24, 2.45) is 0 Å². The van der Waals surface area contributed by atoms with Gasteiger partial charge in [-0.1, -0.05) is 30.3 Å². The van der Waals surface area contributed by atoms with Gasteiger partial charge in [0.15, 0.2) is 16.4 Å². The van der Waals surface area contributed by atoms with Crippen LogP contribution in [0.4, 0.5) is 0 Å². The van der Waals surface area contributed by atoms with Gasteiger partial charge in [-0.15, -0.1) is 11.3 Å². The van der Waals surface area contributed by atoms with Gasteiger partial charge in [0.05, 0.1) is 16.9 Å². The standard InChI is InChI=1S/C18H17N3O4S2/c22-16(21-13-6-7-27(23,24)10-13)9-25-17-14-8-15(12-4-2-1-3-5-12)26-18(14)20-11-19-17/h1-5,8,11,13H,6-7,9-10H2,(H,21,22). The van der Waals surface area contributed by atoms with Gasteiger partial charge < -0.3 is 10.1 Å². The van der Waals surface area contributed by atoms with Crippen LogP contribution in [0.15, 0.2) is 42.7 Å². The van der Waals surface area contributed by atoms with Crippen LogP contribution in [0.5, 0.6) is 5.88 Å². The summed E-state index contributed by atoms with van der Waals surface area (Å²) in [6.07, 6.45) is 1.85. The van der Waals surface area contributed by atoms with E-state index in [1.807, 2.05) is 36.4 Å². The van der Waals surface area contributed by atoms with Crippen LogP contribution in [0.25, 0.3) is 20.7 Å². The van der Waals surface area contributed by atoms with Gasteiger partial charge in [0, 0.05) is 10.9 Å². The highest BCUT2D eigenvalue weighted by atomic mass is 32.2. The third-order valence-electron chi connectivity index (χ3n) is 4.29. The fourth-order valence-corrected chi connectivity index (χ4v) is 5.67. The SMILES string of the molecule is O=C(COc1ncnc2sc(-c3ccccc3)cc12)NC1CCS(=O)(=O)C1. The van der Waals surface area contributed by atoms with Gasteiger partial charge in [-0.05, 0) is 18.1 Å². The van der Waals surface area contributed by atoms with E-state index in [9.17, 15) is 13.2 Å². The molecule has 1 aromatic carbocycles. The van der Waals surface area contributed by atoms with Crippen molar-refractivity contribution in [3.63, 3.8) is 0 Å². The Bertz CT molecular complexity index is 1080. The van der Waals surface area contributed by atoms with Gasteiger partial charge in [-0.25, -0.2) is 18.4 Å². The van der Waals surface area contributed by atoms with Crippen molar-refractivity contribution in [1.82, 2.24) is 15.3 Å². The van der Waals surface area contributed by atoms with Crippen molar-refractivity contribution in [2.75, 3.05) is 18.1 Å². The molecule has 0 saturated carbocycles. The van der Waals surface area contributed by atoms with Crippen molar-refractivity contribution in [2.45, 2.75) is 12.5 Å². The average Bonchev–Trinajstić information content (AvgIpc) is 3.24. The second-order valence-corrected chi connectivity index (χ2v) is 9.59. The molecule has 2 aromatic heterocycles. The lowest BCUT2D eigenvalue weighted by molar-refractivity contribution is -0.123. The first kappa shape index (κ1) is 17.9. The van der Waals surface area contributed by atoms with Crippen LogP contribution in [0.1, 0.15) is 6.42 Å². The summed E-state index contributed by atoms with van der Waals surface area (Å²) in [7, 11) is -3.04. The predicted molar refractivity (Wildman–Crippen MR) is 104 cm³/mol. The van der Waals surface area contributed by atoms with Crippen LogP contribution < -0.4 is 10.1 Å². The number of amides is 1. The summed E-state index contributed by atoms with van der Waals surface area (Å²) < 4.78 is 28.5. The lowest BCUT2D eigenvalue weighted by Gasteiger charge is -2.11. The monoisotopic (exact) mass is 403 g/mol. The molecule has 1 fully saturated rings. The van der Waals surface area contributed by atoms with Crippen LogP contribution in [0.3, 0.4) is 0 Å². The lowest BCUT2D eigenvalue weighted by atomic mass is 10.2. The first-order chi connectivity index (χ1) is 13.0. The molecular formula is C18H17N3O4S2. The molecule has 1 aliphatic heterocycles. The topological polar surface area (TPSA) is 98.2 Å². The molecule has 1 amide bonds. The number of fused-ring (bicyclic) bond motifs is 1. The summed E-state index contributed by atoms with van der Waals surface area (Å²) in [5.74, 6) is 0.0826. The number of sulfone groups is 1. The van der Waals surface area contributed by atoms with E-state index < -0.39 is 9.84 Å². The Morgan fingerprint density at radius 3 is 2.81 bits per heavy atom. The molecule has 1 atom stereocenters. The molecule has 1 saturated heterocycles. The predicted octanol–water partition coefficient (Wildman–Crippen LogP) is 2.04. The van der Waals surface area contributed by atoms with Gasteiger partial charge in [0.2, 0.25) is 5.88 Å². The van der Waals surface area contributed by atoms with Crippen LogP contribution in [0, 0.1) is 0 Å². The molecule has 0 spiro atoms. The Hall–Kier alpha value is -2.52. The maximum absolute atomic E-state index is 12.1. The zero-order valence-electron chi connectivity index (χ0n) is 14.3. The summed E-state index contributed by atoms with van der Waals surface area (Å²) in [5, 5.41) is 3.45. The summed E-state index contributed by atoms with van der Waals surface area (Å²) in [6, 6.07) is 11.5. The molecule has 1 unspecified atom stereocenters. The normalized spacial score (nSPS) is 18.4. The average molecular weight is 403 g/mol. The minimum absolute atomic E-state index is 0.0124. The Balaban J connectivity index is 1.46. The number of aromatic nitrogens is 2. The van der Waals surface area contributed by atoms with Crippen LogP contribution in [0.2, 0.25) is 0 Å². The van der Waals surface area contributed by atoms with E-state index in [0.29, 0.717) is 12.3 Å². The first-order valence-corrected chi connectivity index (χ1v) is 11.1. The highest BCUT2D eigenvalue weighted by Gasteiger charge is 2.29. The number of rotatable bonds is 5. The number of carbonyl (C=O) groups excluding carboxylic acids is 1. The molecule has 7 nitrogen and oxygen atoms in total. The largest absolute Gasteiger partial charge is 0.467 e. The fraction of sp³-hybridized carbons (Fsp3) is 0.278. The summed E-state index contributed by atoms with van der Waals surface area (Å²) >= 11 is 1.53. The molecule has 0 radical (unpaired) electrons. The van der Waals surface area contributed by atoms with E-state index >= 15 is 0 Å². The van der Waals surface area contributed by atoms with Crippen molar-refractivity contribution in [3.05, 3.63) is 42.7 Å². The van der Waals surface area contributed by atoms with Crippen LogP contribution >= 0.6 is 11.3 Å². The smallest absolute Gasteiger partial charge is 0.258 e. The molecule has 0 aliphatic carbocycles. The quantitative estimate of drug-likeness (QED) is 0.700. The van der Waals surface area contributed by atoms with Crippen LogP contribution in [-0.2, 0) is 14.6 Å². The van der Waals surface area contributed by atoms with E-state index in [0.717, 1.165) is 20.7 Å². The van der Waals surface area contributed by atoms with Gasteiger partial charge in [-0.2, -0.15) is 0 Å². The molecule has 4 rings (SSSR count). The Morgan fingerprint density at radius 2 is 2.07 bits per heavy atom. The Labute approximate surface area is 160 Å². The van der Waals surface area contributed by atoms with Crippen molar-refractivity contribution >= 4 is 37.3 Å². The summed E-state index contributed by atoms with van der Waals surface area (Å²) in [4.78, 5) is 22.3. The van der Waals surface area contributed by atoms with Gasteiger partial charge in [0.1, 0.15) is 11.2 Å². The Kier molecular flexibility index (Phi) is 4.79. The molecule has 1 aliphatic rings. The molecule has 3 heterocycles. The molecule has 0 bridgehead atoms. The van der Waals surface area contributed by atoms with E-state index in [2.05, 4.69) is 15.3 Å². The van der Waals surface area contributed by atoms with E-state index in [1.54, 1.807) is 0 Å². The molecule has 1 N–H and O–H groups in total. The number of nitrogens with zero attached hydrogens (tertiary/aromatic N) is 2. The minimum atomic E-state index is -3.04. The first-order valence-electron chi connectivity index (χ1n) is 8.43. The zero-order valence-corrected chi connectivity index (χ0v) is 15.9. The summed E-state index contributed by atoms with van der Waals surface area (Å²) in [6.45, 7) is -0.223. The van der Waals surface area contributed by atoms with Crippen molar-refractivity contribution in [3.8, 4) is 16.3 Å². The second kappa shape index (κ2) is 7.24. The number of nitrogens with one attached hydrogen (secondary N) is 1. The number of carbonyl (C=O) groups is 1. The number of ether oxygens (including phenoxy) is 1. The third kappa shape index (κ3) is 4.09. The zero-order chi connectivity index (χ0) is 18.9. The van der Waals surface area contributed by atoms with Crippen molar-refractivity contribution < 1.29 is 17.9 Å². The van der Waals surface area contributed by atoms with Gasteiger partial charge in [0.25, 0.3) is 5.91 Å². The minimum Gasteiger partial charge on any atom is -0.467 e. The molecule has 9 heteroatoms. The second-order valence-electron chi connectivity index (χ2n) is 6.33. The van der Waals surface area contributed by atoms with E-state index in [-0.39, 0.29) is 30.1 Å².